The summed E-state index contributed by atoms with van der Waals surface area (Å²) in [5, 5.41) is 7.56. The van der Waals surface area contributed by atoms with Crippen molar-refractivity contribution in [3.8, 4) is 11.5 Å². The minimum atomic E-state index is -0.350. The summed E-state index contributed by atoms with van der Waals surface area (Å²) >= 11 is 0. The van der Waals surface area contributed by atoms with Crippen LogP contribution in [-0.2, 0) is 16.8 Å². The van der Waals surface area contributed by atoms with Gasteiger partial charge in [-0.15, -0.1) is 0 Å². The molecule has 1 aromatic heterocycles. The zero-order valence-corrected chi connectivity index (χ0v) is 12.2. The molecule has 1 N–H and O–H groups in total. The van der Waals surface area contributed by atoms with Gasteiger partial charge in [0, 0.05) is 24.9 Å². The zero-order chi connectivity index (χ0) is 14.3. The number of aromatic nitrogens is 2. The van der Waals surface area contributed by atoms with Gasteiger partial charge in [-0.3, -0.25) is 0 Å². The Bertz CT molecular complexity index is 659. The van der Waals surface area contributed by atoms with Crippen molar-refractivity contribution in [3.05, 3.63) is 29.6 Å². The lowest BCUT2D eigenvalue weighted by Gasteiger charge is -2.22. The van der Waals surface area contributed by atoms with Crippen LogP contribution < -0.4 is 5.32 Å². The summed E-state index contributed by atoms with van der Waals surface area (Å²) in [4.78, 5) is 4.60. The Morgan fingerprint density at radius 3 is 2.95 bits per heavy atom. The third-order valence-electron chi connectivity index (χ3n) is 4.70. The van der Waals surface area contributed by atoms with Gasteiger partial charge < -0.3 is 14.6 Å². The van der Waals surface area contributed by atoms with Gasteiger partial charge in [-0.2, -0.15) is 4.98 Å². The Kier molecular flexibility index (Phi) is 2.96. The van der Waals surface area contributed by atoms with Crippen molar-refractivity contribution >= 4 is 5.69 Å². The smallest absolute Gasteiger partial charge is 0.258 e. The van der Waals surface area contributed by atoms with Crippen molar-refractivity contribution in [1.29, 1.82) is 0 Å². The van der Waals surface area contributed by atoms with Crippen molar-refractivity contribution in [3.63, 3.8) is 0 Å². The van der Waals surface area contributed by atoms with Crippen molar-refractivity contribution in [2.24, 2.45) is 0 Å². The fourth-order valence-corrected chi connectivity index (χ4v) is 3.41. The molecule has 5 nitrogen and oxygen atoms in total. The molecular weight excluding hydrogens is 266 g/mol. The second-order valence-electron chi connectivity index (χ2n) is 5.88. The number of nitrogens with one attached hydrogen (secondary N) is 1. The lowest BCUT2D eigenvalue weighted by molar-refractivity contribution is -0.0178. The zero-order valence-electron chi connectivity index (χ0n) is 12.2. The highest BCUT2D eigenvalue weighted by atomic mass is 16.5. The number of benzene rings is 1. The number of methoxy groups -OCH3 is 1. The van der Waals surface area contributed by atoms with Crippen LogP contribution in [0.3, 0.4) is 0 Å². The van der Waals surface area contributed by atoms with Gasteiger partial charge in [0.15, 0.2) is 0 Å². The molecule has 1 aliphatic carbocycles. The van der Waals surface area contributed by atoms with E-state index in [-0.39, 0.29) is 5.60 Å². The molecule has 0 unspecified atom stereocenters. The molecule has 0 bridgehead atoms. The first kappa shape index (κ1) is 12.8. The molecule has 1 aliphatic heterocycles. The summed E-state index contributed by atoms with van der Waals surface area (Å²) in [7, 11) is 1.74. The number of anilines is 1. The van der Waals surface area contributed by atoms with Crippen molar-refractivity contribution in [2.45, 2.75) is 37.7 Å². The summed E-state index contributed by atoms with van der Waals surface area (Å²) in [6.07, 6.45) is 5.32. The second kappa shape index (κ2) is 4.84. The molecule has 1 fully saturated rings. The molecular formula is C16H19N3O2. The van der Waals surface area contributed by atoms with E-state index in [1.54, 1.807) is 7.11 Å². The first-order valence-corrected chi connectivity index (χ1v) is 7.57. The van der Waals surface area contributed by atoms with E-state index in [0.717, 1.165) is 44.2 Å². The minimum Gasteiger partial charge on any atom is -0.384 e. The van der Waals surface area contributed by atoms with Gasteiger partial charge in [0.1, 0.15) is 5.60 Å². The summed E-state index contributed by atoms with van der Waals surface area (Å²) in [5.41, 5.74) is 3.14. The predicted octanol–water partition coefficient (Wildman–Crippen LogP) is 3.12. The molecule has 0 saturated heterocycles. The molecule has 0 atom stereocenters. The van der Waals surface area contributed by atoms with Crippen LogP contribution in [0, 0.1) is 0 Å². The van der Waals surface area contributed by atoms with Gasteiger partial charge in [-0.05, 0) is 49.8 Å². The Balaban J connectivity index is 1.68. The average molecular weight is 285 g/mol. The lowest BCUT2D eigenvalue weighted by Crippen LogP contribution is -2.25. The normalized spacial score (nSPS) is 19.5. The fourth-order valence-electron chi connectivity index (χ4n) is 3.41. The van der Waals surface area contributed by atoms with Gasteiger partial charge in [0.05, 0.1) is 0 Å². The number of hydrogen-bond acceptors (Lipinski definition) is 5. The van der Waals surface area contributed by atoms with Crippen molar-refractivity contribution in [2.75, 3.05) is 19.0 Å². The van der Waals surface area contributed by atoms with Crippen LogP contribution in [0.25, 0.3) is 11.5 Å². The third-order valence-corrected chi connectivity index (χ3v) is 4.70. The summed E-state index contributed by atoms with van der Waals surface area (Å²) < 4.78 is 11.2. The largest absolute Gasteiger partial charge is 0.384 e. The highest BCUT2D eigenvalue weighted by Crippen LogP contribution is 2.40. The Labute approximate surface area is 123 Å². The van der Waals surface area contributed by atoms with Crippen LogP contribution in [-0.4, -0.2) is 23.8 Å². The maximum absolute atomic E-state index is 5.71. The van der Waals surface area contributed by atoms with E-state index >= 15 is 0 Å². The van der Waals surface area contributed by atoms with E-state index in [1.807, 2.05) is 0 Å². The molecule has 1 aromatic carbocycles. The fraction of sp³-hybridized carbons (Fsp3) is 0.500. The van der Waals surface area contributed by atoms with E-state index in [1.165, 1.54) is 11.3 Å². The van der Waals surface area contributed by atoms with Crippen LogP contribution in [0.2, 0.25) is 0 Å². The summed E-state index contributed by atoms with van der Waals surface area (Å²) in [6, 6.07) is 6.28. The summed E-state index contributed by atoms with van der Waals surface area (Å²) in [6.45, 7) is 1.00. The maximum Gasteiger partial charge on any atom is 0.258 e. The molecule has 21 heavy (non-hydrogen) atoms. The van der Waals surface area contributed by atoms with Gasteiger partial charge in [0.2, 0.25) is 5.82 Å². The minimum absolute atomic E-state index is 0.350. The highest BCUT2D eigenvalue weighted by molar-refractivity contribution is 5.66. The topological polar surface area (TPSA) is 60.2 Å². The molecule has 110 valence electrons. The second-order valence-corrected chi connectivity index (χ2v) is 5.88. The summed E-state index contributed by atoms with van der Waals surface area (Å²) in [5.74, 6) is 1.26. The molecule has 5 heteroatoms. The molecule has 4 rings (SSSR count). The van der Waals surface area contributed by atoms with Gasteiger partial charge in [-0.25, -0.2) is 0 Å². The van der Waals surface area contributed by atoms with E-state index in [0.29, 0.717) is 11.7 Å². The molecule has 2 aliphatic rings. The van der Waals surface area contributed by atoms with E-state index in [4.69, 9.17) is 9.26 Å². The lowest BCUT2D eigenvalue weighted by atomic mass is 10.0. The van der Waals surface area contributed by atoms with E-state index < -0.39 is 0 Å². The molecule has 0 spiro atoms. The molecule has 2 heterocycles. The van der Waals surface area contributed by atoms with Gasteiger partial charge in [-0.1, -0.05) is 11.2 Å². The Hall–Kier alpha value is -1.88. The third kappa shape index (κ3) is 2.03. The number of ether oxygens (including phenoxy) is 1. The molecule has 0 amide bonds. The quantitative estimate of drug-likeness (QED) is 0.939. The van der Waals surface area contributed by atoms with E-state index in [9.17, 15) is 0 Å². The monoisotopic (exact) mass is 285 g/mol. The maximum atomic E-state index is 5.71. The molecule has 2 aromatic rings. The first-order chi connectivity index (χ1) is 10.3. The number of fused-ring (bicyclic) bond motifs is 1. The van der Waals surface area contributed by atoms with Crippen LogP contribution in [0.4, 0.5) is 5.69 Å². The van der Waals surface area contributed by atoms with Crippen LogP contribution >= 0.6 is 0 Å². The number of rotatable bonds is 3. The number of nitrogens with zero attached hydrogens (tertiary/aromatic N) is 2. The SMILES string of the molecule is COC1(c2noc(-c3ccc4c(c3)NCC4)n2)CCCC1. The van der Waals surface area contributed by atoms with Crippen molar-refractivity contribution < 1.29 is 9.26 Å². The van der Waals surface area contributed by atoms with E-state index in [2.05, 4.69) is 33.7 Å². The standard InChI is InChI=1S/C16H19N3O2/c1-20-16(7-2-3-8-16)15-18-14(21-19-15)12-5-4-11-6-9-17-13(11)10-12/h4-5,10,17H,2-3,6-9H2,1H3. The Morgan fingerprint density at radius 2 is 2.14 bits per heavy atom. The van der Waals surface area contributed by atoms with Crippen LogP contribution in [0.1, 0.15) is 37.1 Å². The number of hydrogen-bond donors (Lipinski definition) is 1. The first-order valence-electron chi connectivity index (χ1n) is 7.57. The predicted molar refractivity (Wildman–Crippen MR) is 79.1 cm³/mol. The average Bonchev–Trinajstić information content (AvgIpc) is 3.25. The van der Waals surface area contributed by atoms with Crippen LogP contribution in [0.15, 0.2) is 22.7 Å². The molecule has 1 saturated carbocycles. The Morgan fingerprint density at radius 1 is 1.29 bits per heavy atom. The molecule has 0 radical (unpaired) electrons. The van der Waals surface area contributed by atoms with Crippen molar-refractivity contribution in [1.82, 2.24) is 10.1 Å². The van der Waals surface area contributed by atoms with Gasteiger partial charge >= 0.3 is 0 Å². The van der Waals surface area contributed by atoms with Gasteiger partial charge in [0.25, 0.3) is 5.89 Å². The van der Waals surface area contributed by atoms with Crippen LogP contribution in [0.5, 0.6) is 0 Å². The highest BCUT2D eigenvalue weighted by Gasteiger charge is 2.40.